The average Bonchev–Trinajstić information content (AvgIpc) is 1.85. The van der Waals surface area contributed by atoms with Gasteiger partial charge in [-0.05, 0) is 6.92 Å². The molecular weight excluding hydrogens is 187 g/mol. The largest absolute Gasteiger partial charge is 0.261 e. The molecule has 12 heavy (non-hydrogen) atoms. The summed E-state index contributed by atoms with van der Waals surface area (Å²) in [4.78, 5) is 7.67. The Morgan fingerprint density at radius 1 is 1.42 bits per heavy atom. The van der Waals surface area contributed by atoms with Crippen molar-refractivity contribution in [1.29, 1.82) is 0 Å². The molecule has 1 aromatic heterocycles. The van der Waals surface area contributed by atoms with Crippen LogP contribution in [0.4, 0.5) is 0 Å². The van der Waals surface area contributed by atoms with Crippen molar-refractivity contribution in [3.05, 3.63) is 23.8 Å². The molecule has 0 saturated carbocycles. The Balaban J connectivity index is 0.00000121. The molecule has 6 heteroatoms. The molecule has 0 aliphatic heterocycles. The minimum Gasteiger partial charge on any atom is -0.261 e. The quantitative estimate of drug-likeness (QED) is 0.443. The molecule has 4 nitrogen and oxygen atoms in total. The second-order valence-corrected chi connectivity index (χ2v) is 2.72. The first-order chi connectivity index (χ1) is 5.18. The second kappa shape index (κ2) is 5.42. The molecule has 0 aromatic carbocycles. The van der Waals surface area contributed by atoms with Crippen molar-refractivity contribution in [3.63, 3.8) is 0 Å². The summed E-state index contributed by atoms with van der Waals surface area (Å²) in [5.74, 6) is 0. The predicted molar refractivity (Wildman–Crippen MR) is 46.6 cm³/mol. The third kappa shape index (κ3) is 3.96. The third-order valence-electron chi connectivity index (χ3n) is 0.991. The molecule has 0 amide bonds. The fourth-order valence-electron chi connectivity index (χ4n) is 0.638. The van der Waals surface area contributed by atoms with Gasteiger partial charge in [-0.2, -0.15) is 8.42 Å². The van der Waals surface area contributed by atoms with Crippen LogP contribution in [-0.2, 0) is 10.3 Å². The van der Waals surface area contributed by atoms with E-state index in [1.165, 1.54) is 6.20 Å². The topological polar surface area (TPSA) is 59.9 Å². The van der Waals surface area contributed by atoms with E-state index in [1.807, 2.05) is 0 Å². The van der Waals surface area contributed by atoms with Crippen molar-refractivity contribution < 1.29 is 8.42 Å². The van der Waals surface area contributed by atoms with E-state index in [4.69, 9.17) is 0 Å². The fraction of sp³-hybridized carbons (Fsp3) is 0.167. The fourth-order valence-corrected chi connectivity index (χ4v) is 0.949. The van der Waals surface area contributed by atoms with Gasteiger partial charge in [0.25, 0.3) is 0 Å². The van der Waals surface area contributed by atoms with Gasteiger partial charge in [0.15, 0.2) is 0 Å². The monoisotopic (exact) mass is 193 g/mol. The minimum atomic E-state index is -2.20. The maximum absolute atomic E-state index is 10.2. The van der Waals surface area contributed by atoms with Crippen LogP contribution in [0.3, 0.4) is 0 Å². The van der Waals surface area contributed by atoms with Crippen molar-refractivity contribution in [2.75, 3.05) is 0 Å². The van der Waals surface area contributed by atoms with Crippen LogP contribution >= 0.6 is 0 Å². The van der Waals surface area contributed by atoms with E-state index < -0.39 is 10.3 Å². The van der Waals surface area contributed by atoms with E-state index in [1.54, 1.807) is 13.1 Å². The molecule has 0 saturated heterocycles. The molecule has 0 fully saturated rings. The third-order valence-corrected chi connectivity index (χ3v) is 1.42. The van der Waals surface area contributed by atoms with Gasteiger partial charge in [-0.25, -0.2) is 4.98 Å². The van der Waals surface area contributed by atoms with E-state index in [-0.39, 0.29) is 29.6 Å². The molecule has 0 spiro atoms. The van der Waals surface area contributed by atoms with E-state index in [2.05, 4.69) is 9.97 Å². The maximum Gasteiger partial charge on any atom is 0.216 e. The van der Waals surface area contributed by atoms with Gasteiger partial charge in [0.05, 0.1) is 23.0 Å². The van der Waals surface area contributed by atoms with Gasteiger partial charge >= 0.3 is 0 Å². The summed E-state index contributed by atoms with van der Waals surface area (Å²) in [6.07, 6.45) is 2.95. The molecule has 0 bridgehead atoms. The van der Waals surface area contributed by atoms with Crippen molar-refractivity contribution in [3.8, 4) is 0 Å². The number of hydrogen-bond acceptors (Lipinski definition) is 4. The molecule has 59 valence electrons. The van der Waals surface area contributed by atoms with E-state index >= 15 is 0 Å². The van der Waals surface area contributed by atoms with Gasteiger partial charge in [0.1, 0.15) is 0 Å². The van der Waals surface area contributed by atoms with Crippen LogP contribution in [0.5, 0.6) is 0 Å². The normalized spacial score (nSPS) is 8.42. The van der Waals surface area contributed by atoms with Gasteiger partial charge in [-0.15, -0.1) is 0 Å². The number of aryl methyl sites for hydroxylation is 1. The molecule has 0 atom stereocenters. The Labute approximate surface area is 93.9 Å². The SMILES string of the molecule is Cc1cncc(C=S(=O)=O)n1.[Na]. The second-order valence-electron chi connectivity index (χ2n) is 1.96. The molecule has 1 aromatic rings. The summed E-state index contributed by atoms with van der Waals surface area (Å²) in [7, 11) is -2.20. The zero-order valence-electron chi connectivity index (χ0n) is 6.85. The number of aromatic nitrogens is 2. The first kappa shape index (κ1) is 11.8. The maximum atomic E-state index is 10.2. The summed E-state index contributed by atoms with van der Waals surface area (Å²) in [5.41, 5.74) is 1.06. The van der Waals surface area contributed by atoms with Crippen LogP contribution in [0.15, 0.2) is 12.4 Å². The van der Waals surface area contributed by atoms with Crippen LogP contribution in [0, 0.1) is 6.92 Å². The summed E-state index contributed by atoms with van der Waals surface area (Å²) in [6, 6.07) is 0. The molecule has 0 aliphatic carbocycles. The number of hydrogen-bond donors (Lipinski definition) is 0. The first-order valence-corrected chi connectivity index (χ1v) is 4.04. The van der Waals surface area contributed by atoms with Gasteiger partial charge in [0.2, 0.25) is 10.3 Å². The molecule has 0 unspecified atom stereocenters. The first-order valence-electron chi connectivity index (χ1n) is 2.90. The summed E-state index contributed by atoms with van der Waals surface area (Å²) < 4.78 is 20.3. The number of nitrogens with zero attached hydrogens (tertiary/aromatic N) is 2. The van der Waals surface area contributed by atoms with Crippen molar-refractivity contribution >= 4 is 45.2 Å². The molecule has 0 N–H and O–H groups in total. The van der Waals surface area contributed by atoms with E-state index in [0.29, 0.717) is 11.4 Å². The summed E-state index contributed by atoms with van der Waals surface area (Å²) in [6.45, 7) is 1.75. The standard InChI is InChI=1S/C6H6N2O2S.Na/c1-5-2-7-3-6(8-5)4-11(9)10;/h2-4H,1H3;. The predicted octanol–water partition coefficient (Wildman–Crippen LogP) is -0.566. The van der Waals surface area contributed by atoms with Crippen LogP contribution in [0.25, 0.3) is 0 Å². The Hall–Kier alpha value is -0.230. The Morgan fingerprint density at radius 2 is 2.08 bits per heavy atom. The van der Waals surface area contributed by atoms with Gasteiger partial charge in [-0.1, -0.05) is 0 Å². The van der Waals surface area contributed by atoms with Crippen molar-refractivity contribution in [2.45, 2.75) is 6.92 Å². The smallest absolute Gasteiger partial charge is 0.216 e. The zero-order chi connectivity index (χ0) is 8.27. The van der Waals surface area contributed by atoms with Crippen LogP contribution in [-0.4, -0.2) is 53.3 Å². The van der Waals surface area contributed by atoms with Crippen molar-refractivity contribution in [2.24, 2.45) is 0 Å². The van der Waals surface area contributed by atoms with Crippen LogP contribution < -0.4 is 0 Å². The Morgan fingerprint density at radius 3 is 2.58 bits per heavy atom. The molecule has 1 radical (unpaired) electrons. The molecular formula is C6H6N2NaO2S. The number of rotatable bonds is 1. The van der Waals surface area contributed by atoms with Crippen molar-refractivity contribution in [1.82, 2.24) is 9.97 Å². The molecule has 1 rings (SSSR count). The summed E-state index contributed by atoms with van der Waals surface area (Å²) >= 11 is 0. The molecule has 0 aliphatic rings. The van der Waals surface area contributed by atoms with E-state index in [9.17, 15) is 8.42 Å². The van der Waals surface area contributed by atoms with E-state index in [0.717, 1.165) is 5.37 Å². The Bertz CT molecular complexity index is 380. The van der Waals surface area contributed by atoms with Crippen LogP contribution in [0.2, 0.25) is 0 Å². The summed E-state index contributed by atoms with van der Waals surface area (Å²) in [5, 5.41) is 1.01. The molecule has 1 heterocycles. The zero-order valence-corrected chi connectivity index (χ0v) is 9.67. The van der Waals surface area contributed by atoms with Gasteiger partial charge in [0, 0.05) is 35.8 Å². The van der Waals surface area contributed by atoms with Crippen LogP contribution in [0.1, 0.15) is 11.4 Å². The average molecular weight is 193 g/mol. The Kier molecular flexibility index (Phi) is 5.32. The van der Waals surface area contributed by atoms with Gasteiger partial charge in [-0.3, -0.25) is 4.98 Å². The minimum absolute atomic E-state index is 0. The van der Waals surface area contributed by atoms with Gasteiger partial charge < -0.3 is 0 Å².